The maximum absolute atomic E-state index is 14.2. The normalized spacial score (nSPS) is 31.9. The lowest BCUT2D eigenvalue weighted by Crippen LogP contribution is -2.57. The SMILES string of the molecule is CCCNC(=O)[C@H]1[C@H]2C(=O)N([C@@H](CO)C(C)C)C(C(=O)Nc3ccc(N(CC)CC)cc3)C23CC(C)[C@]1(C)O3. The Kier molecular flexibility index (Phi) is 8.34. The number of rotatable bonds is 11. The molecule has 2 bridgehead atoms. The van der Waals surface area contributed by atoms with E-state index in [-0.39, 0.29) is 36.2 Å². The summed E-state index contributed by atoms with van der Waals surface area (Å²) in [6.07, 6.45) is 1.27. The van der Waals surface area contributed by atoms with Gasteiger partial charge in [-0.15, -0.1) is 0 Å². The summed E-state index contributed by atoms with van der Waals surface area (Å²) in [6.45, 7) is 16.0. The number of aliphatic hydroxyl groups excluding tert-OH is 1. The molecule has 3 aliphatic heterocycles. The molecule has 9 heteroatoms. The largest absolute Gasteiger partial charge is 0.394 e. The molecule has 7 atom stereocenters. The Morgan fingerprint density at radius 1 is 1.15 bits per heavy atom. The Balaban J connectivity index is 1.74. The van der Waals surface area contributed by atoms with Crippen LogP contribution in [0.1, 0.15) is 61.3 Å². The Morgan fingerprint density at radius 2 is 1.79 bits per heavy atom. The van der Waals surface area contributed by atoms with Crippen molar-refractivity contribution in [3.05, 3.63) is 24.3 Å². The molecule has 0 saturated carbocycles. The minimum Gasteiger partial charge on any atom is -0.394 e. The van der Waals surface area contributed by atoms with E-state index in [1.54, 1.807) is 0 Å². The second-order valence-electron chi connectivity index (χ2n) is 11.9. The zero-order valence-electron chi connectivity index (χ0n) is 24.5. The first-order valence-electron chi connectivity index (χ1n) is 14.6. The zero-order chi connectivity index (χ0) is 28.7. The molecular formula is C30H46N4O5. The molecule has 0 aromatic heterocycles. The van der Waals surface area contributed by atoms with Crippen molar-refractivity contribution >= 4 is 29.1 Å². The number of hydrogen-bond donors (Lipinski definition) is 3. The Morgan fingerprint density at radius 3 is 2.33 bits per heavy atom. The second-order valence-corrected chi connectivity index (χ2v) is 11.9. The fourth-order valence-corrected chi connectivity index (χ4v) is 7.27. The molecule has 3 heterocycles. The van der Waals surface area contributed by atoms with Crippen LogP contribution >= 0.6 is 0 Å². The van der Waals surface area contributed by atoms with E-state index in [9.17, 15) is 19.5 Å². The van der Waals surface area contributed by atoms with Crippen molar-refractivity contribution in [3.63, 3.8) is 0 Å². The fourth-order valence-electron chi connectivity index (χ4n) is 7.27. The molecule has 9 nitrogen and oxygen atoms in total. The van der Waals surface area contributed by atoms with Gasteiger partial charge >= 0.3 is 0 Å². The summed E-state index contributed by atoms with van der Waals surface area (Å²) in [7, 11) is 0. The van der Waals surface area contributed by atoms with Gasteiger partial charge in [-0.05, 0) is 69.7 Å². The van der Waals surface area contributed by atoms with Crippen LogP contribution in [0, 0.1) is 23.7 Å². The smallest absolute Gasteiger partial charge is 0.250 e. The first-order chi connectivity index (χ1) is 18.5. The van der Waals surface area contributed by atoms with E-state index in [4.69, 9.17) is 4.74 Å². The number of benzene rings is 1. The van der Waals surface area contributed by atoms with Crippen molar-refractivity contribution < 1.29 is 24.2 Å². The average molecular weight is 543 g/mol. The molecule has 4 rings (SSSR count). The Bertz CT molecular complexity index is 1070. The van der Waals surface area contributed by atoms with Gasteiger partial charge < -0.3 is 30.3 Å². The minimum atomic E-state index is -1.15. The van der Waals surface area contributed by atoms with Crippen LogP contribution in [-0.2, 0) is 19.1 Å². The van der Waals surface area contributed by atoms with Gasteiger partial charge in [0.15, 0.2) is 0 Å². The topological polar surface area (TPSA) is 111 Å². The lowest BCUT2D eigenvalue weighted by atomic mass is 9.62. The molecule has 3 fully saturated rings. The molecule has 3 N–H and O–H groups in total. The van der Waals surface area contributed by atoms with Crippen LogP contribution < -0.4 is 15.5 Å². The van der Waals surface area contributed by atoms with Crippen LogP contribution in [0.2, 0.25) is 0 Å². The minimum absolute atomic E-state index is 0.0332. The quantitative estimate of drug-likeness (QED) is 0.397. The molecule has 3 saturated heterocycles. The third-order valence-electron chi connectivity index (χ3n) is 9.41. The van der Waals surface area contributed by atoms with Crippen LogP contribution in [0.25, 0.3) is 0 Å². The van der Waals surface area contributed by atoms with Crippen LogP contribution in [0.5, 0.6) is 0 Å². The Hall–Kier alpha value is -2.65. The van der Waals surface area contributed by atoms with Gasteiger partial charge in [-0.3, -0.25) is 14.4 Å². The summed E-state index contributed by atoms with van der Waals surface area (Å²) >= 11 is 0. The molecule has 39 heavy (non-hydrogen) atoms. The molecule has 1 aromatic carbocycles. The molecule has 3 amide bonds. The summed E-state index contributed by atoms with van der Waals surface area (Å²) in [6, 6.07) is 6.13. The highest BCUT2D eigenvalue weighted by molar-refractivity contribution is 6.04. The van der Waals surface area contributed by atoms with Crippen LogP contribution in [-0.4, -0.2) is 77.3 Å². The van der Waals surface area contributed by atoms with Gasteiger partial charge in [-0.2, -0.15) is 0 Å². The number of aliphatic hydroxyl groups is 1. The lowest BCUT2D eigenvalue weighted by molar-refractivity contribution is -0.150. The Labute approximate surface area is 232 Å². The highest BCUT2D eigenvalue weighted by atomic mass is 16.5. The van der Waals surface area contributed by atoms with Gasteiger partial charge in [0.05, 0.1) is 30.1 Å². The molecule has 0 radical (unpaired) electrons. The molecule has 3 unspecified atom stereocenters. The number of carbonyl (C=O) groups is 3. The number of amides is 3. The predicted molar refractivity (Wildman–Crippen MR) is 151 cm³/mol. The number of carbonyl (C=O) groups excluding carboxylic acids is 3. The van der Waals surface area contributed by atoms with E-state index < -0.39 is 35.1 Å². The number of hydrogen-bond acceptors (Lipinski definition) is 6. The predicted octanol–water partition coefficient (Wildman–Crippen LogP) is 3.03. The first kappa shape index (κ1) is 29.3. The summed E-state index contributed by atoms with van der Waals surface area (Å²) in [5.41, 5.74) is -0.319. The highest BCUT2D eigenvalue weighted by Gasteiger charge is 2.80. The van der Waals surface area contributed by atoms with Crippen molar-refractivity contribution in [1.29, 1.82) is 0 Å². The van der Waals surface area contributed by atoms with Crippen LogP contribution in [0.15, 0.2) is 24.3 Å². The van der Waals surface area contributed by atoms with Crippen LogP contribution in [0.3, 0.4) is 0 Å². The van der Waals surface area contributed by atoms with Gasteiger partial charge in [0.25, 0.3) is 0 Å². The van der Waals surface area contributed by atoms with E-state index in [1.165, 1.54) is 4.90 Å². The average Bonchev–Trinajstić information content (AvgIpc) is 3.41. The molecule has 0 aliphatic carbocycles. The molecule has 216 valence electrons. The number of likely N-dealkylation sites (tertiary alicyclic amines) is 1. The van der Waals surface area contributed by atoms with E-state index in [0.29, 0.717) is 18.7 Å². The number of ether oxygens (including phenoxy) is 1. The first-order valence-corrected chi connectivity index (χ1v) is 14.6. The van der Waals surface area contributed by atoms with Crippen LogP contribution in [0.4, 0.5) is 11.4 Å². The van der Waals surface area contributed by atoms with Crippen molar-refractivity contribution in [2.45, 2.75) is 84.6 Å². The third kappa shape index (κ3) is 4.61. The van der Waals surface area contributed by atoms with Crippen molar-refractivity contribution in [3.8, 4) is 0 Å². The molecular weight excluding hydrogens is 496 g/mol. The summed E-state index contributed by atoms with van der Waals surface area (Å²) in [5.74, 6) is -2.47. The monoisotopic (exact) mass is 542 g/mol. The number of nitrogens with zero attached hydrogens (tertiary/aromatic N) is 2. The van der Waals surface area contributed by atoms with E-state index in [0.717, 1.165) is 25.2 Å². The summed E-state index contributed by atoms with van der Waals surface area (Å²) < 4.78 is 6.75. The van der Waals surface area contributed by atoms with E-state index >= 15 is 0 Å². The van der Waals surface area contributed by atoms with Gasteiger partial charge in [-0.1, -0.05) is 27.7 Å². The number of nitrogens with one attached hydrogen (secondary N) is 2. The zero-order valence-corrected chi connectivity index (χ0v) is 24.5. The van der Waals surface area contributed by atoms with Crippen molar-refractivity contribution in [2.75, 3.05) is 36.5 Å². The van der Waals surface area contributed by atoms with E-state index in [2.05, 4.69) is 29.4 Å². The second kappa shape index (κ2) is 11.1. The lowest BCUT2D eigenvalue weighted by Gasteiger charge is -2.38. The third-order valence-corrected chi connectivity index (χ3v) is 9.41. The van der Waals surface area contributed by atoms with Crippen molar-refractivity contribution in [2.24, 2.45) is 23.7 Å². The van der Waals surface area contributed by atoms with Gasteiger partial charge in [0, 0.05) is 31.0 Å². The van der Waals surface area contributed by atoms with E-state index in [1.807, 2.05) is 58.9 Å². The summed E-state index contributed by atoms with van der Waals surface area (Å²) in [5, 5.41) is 16.4. The molecule has 1 aromatic rings. The number of anilines is 2. The maximum Gasteiger partial charge on any atom is 0.250 e. The number of fused-ring (bicyclic) bond motifs is 1. The fraction of sp³-hybridized carbons (Fsp3) is 0.700. The highest BCUT2D eigenvalue weighted by Crippen LogP contribution is 2.65. The van der Waals surface area contributed by atoms with Gasteiger partial charge in [0.2, 0.25) is 17.7 Å². The molecule has 1 spiro atoms. The van der Waals surface area contributed by atoms with Gasteiger partial charge in [-0.25, -0.2) is 0 Å². The maximum atomic E-state index is 14.2. The summed E-state index contributed by atoms with van der Waals surface area (Å²) in [4.78, 5) is 45.6. The standard InChI is InChI=1S/C30H46N4O5/c1-8-15-31-26(36)23-24-28(38)34(22(17-35)18(4)5)25(30(24)16-19(6)29(23,7)39-30)27(37)32-20-11-13-21(14-12-20)33(9-2)10-3/h11-14,18-19,22-25,35H,8-10,15-17H2,1-7H3,(H,31,36)(H,32,37)/t19?,22-,23+,24-,25?,29-,30?/m0/s1. The van der Waals surface area contributed by atoms with Crippen molar-refractivity contribution in [1.82, 2.24) is 10.2 Å². The van der Waals surface area contributed by atoms with Gasteiger partial charge in [0.1, 0.15) is 11.6 Å². The molecule has 3 aliphatic rings.